The topological polar surface area (TPSA) is 85.9 Å². The highest BCUT2D eigenvalue weighted by atomic mass is 35.5. The highest BCUT2D eigenvalue weighted by Gasteiger charge is 2.23. The second kappa shape index (κ2) is 8.71. The Hall–Kier alpha value is -2.77. The molecule has 1 atom stereocenters. The fourth-order valence-corrected chi connectivity index (χ4v) is 3.42. The van der Waals surface area contributed by atoms with Crippen molar-refractivity contribution in [2.24, 2.45) is 0 Å². The Kier molecular flexibility index (Phi) is 5.87. The molecule has 2 amide bonds. The van der Waals surface area contributed by atoms with E-state index >= 15 is 0 Å². The van der Waals surface area contributed by atoms with Crippen LogP contribution in [0.4, 0.5) is 11.4 Å². The lowest BCUT2D eigenvalue weighted by molar-refractivity contribution is -0.124. The Balaban J connectivity index is 1.47. The van der Waals surface area contributed by atoms with E-state index in [1.165, 1.54) is 0 Å². The SMILES string of the molecule is O=C(Nc1cc2c(cc1Cl)OCCCO2)c1cccc(NC(=O)C2CCCO2)c1. The molecule has 29 heavy (non-hydrogen) atoms. The van der Waals surface area contributed by atoms with Gasteiger partial charge in [-0.3, -0.25) is 9.59 Å². The van der Waals surface area contributed by atoms with E-state index in [0.717, 1.165) is 12.8 Å². The molecule has 2 heterocycles. The molecule has 0 aliphatic carbocycles. The van der Waals surface area contributed by atoms with Gasteiger partial charge in [0.25, 0.3) is 11.8 Å². The molecule has 7 nitrogen and oxygen atoms in total. The number of benzene rings is 2. The van der Waals surface area contributed by atoms with Gasteiger partial charge in [0.2, 0.25) is 0 Å². The molecule has 0 spiro atoms. The maximum Gasteiger partial charge on any atom is 0.255 e. The van der Waals surface area contributed by atoms with Crippen LogP contribution in [-0.2, 0) is 9.53 Å². The van der Waals surface area contributed by atoms with Gasteiger partial charge in [0.1, 0.15) is 6.10 Å². The molecule has 1 unspecified atom stereocenters. The molecule has 0 saturated carbocycles. The molecule has 4 rings (SSSR count). The zero-order valence-corrected chi connectivity index (χ0v) is 16.5. The molecule has 1 saturated heterocycles. The van der Waals surface area contributed by atoms with Crippen molar-refractivity contribution in [2.75, 3.05) is 30.5 Å². The van der Waals surface area contributed by atoms with Gasteiger partial charge in [0.05, 0.1) is 23.9 Å². The van der Waals surface area contributed by atoms with Gasteiger partial charge in [-0.05, 0) is 31.0 Å². The number of nitrogens with one attached hydrogen (secondary N) is 2. The minimum Gasteiger partial charge on any atom is -0.490 e. The van der Waals surface area contributed by atoms with Crippen LogP contribution in [0.1, 0.15) is 29.6 Å². The number of hydrogen-bond donors (Lipinski definition) is 2. The van der Waals surface area contributed by atoms with Gasteiger partial charge in [-0.25, -0.2) is 0 Å². The number of ether oxygens (including phenoxy) is 3. The molecule has 8 heteroatoms. The lowest BCUT2D eigenvalue weighted by Crippen LogP contribution is -2.27. The molecular formula is C21H21ClN2O5. The second-order valence-electron chi connectivity index (χ2n) is 6.86. The first-order chi connectivity index (χ1) is 14.1. The predicted molar refractivity (Wildman–Crippen MR) is 109 cm³/mol. The summed E-state index contributed by atoms with van der Waals surface area (Å²) in [6, 6.07) is 9.99. The summed E-state index contributed by atoms with van der Waals surface area (Å²) in [4.78, 5) is 24.9. The molecule has 1 fully saturated rings. The van der Waals surface area contributed by atoms with Crippen LogP contribution in [0.15, 0.2) is 36.4 Å². The number of amides is 2. The standard InChI is InChI=1S/C21H21ClN2O5/c22-15-11-18-19(29-9-3-8-28-18)12-16(15)24-20(25)13-4-1-5-14(10-13)23-21(26)17-6-2-7-27-17/h1,4-5,10-12,17H,2-3,6-9H2,(H,23,26)(H,24,25). The van der Waals surface area contributed by atoms with Crippen molar-refractivity contribution in [1.82, 2.24) is 0 Å². The van der Waals surface area contributed by atoms with Gasteiger partial charge >= 0.3 is 0 Å². The summed E-state index contributed by atoms with van der Waals surface area (Å²) in [7, 11) is 0. The molecule has 2 N–H and O–H groups in total. The van der Waals surface area contributed by atoms with Gasteiger partial charge < -0.3 is 24.8 Å². The maximum atomic E-state index is 12.7. The van der Waals surface area contributed by atoms with Crippen molar-refractivity contribution < 1.29 is 23.8 Å². The Labute approximate surface area is 173 Å². The second-order valence-corrected chi connectivity index (χ2v) is 7.26. The average Bonchev–Trinajstić information content (AvgIpc) is 3.17. The molecule has 0 bridgehead atoms. The summed E-state index contributed by atoms with van der Waals surface area (Å²) in [5.74, 6) is 0.546. The fraction of sp³-hybridized carbons (Fsp3) is 0.333. The summed E-state index contributed by atoms with van der Waals surface area (Å²) < 4.78 is 16.6. The summed E-state index contributed by atoms with van der Waals surface area (Å²) in [5.41, 5.74) is 1.34. The normalized spacial score (nSPS) is 18.0. The lowest BCUT2D eigenvalue weighted by atomic mass is 10.1. The number of carbonyl (C=O) groups excluding carboxylic acids is 2. The molecule has 152 valence electrons. The minimum absolute atomic E-state index is 0.203. The van der Waals surface area contributed by atoms with Crippen LogP contribution in [0.5, 0.6) is 11.5 Å². The largest absolute Gasteiger partial charge is 0.490 e. The summed E-state index contributed by atoms with van der Waals surface area (Å²) in [5, 5.41) is 5.94. The van der Waals surface area contributed by atoms with Crippen molar-refractivity contribution in [2.45, 2.75) is 25.4 Å². The first kappa shape index (κ1) is 19.5. The van der Waals surface area contributed by atoms with Crippen molar-refractivity contribution in [3.63, 3.8) is 0 Å². The van der Waals surface area contributed by atoms with Gasteiger partial charge in [-0.15, -0.1) is 0 Å². The van der Waals surface area contributed by atoms with E-state index in [-0.39, 0.29) is 11.8 Å². The van der Waals surface area contributed by atoms with Crippen molar-refractivity contribution in [1.29, 1.82) is 0 Å². The Morgan fingerprint density at radius 1 is 0.966 bits per heavy atom. The molecule has 2 aromatic carbocycles. The van der Waals surface area contributed by atoms with Crippen LogP contribution < -0.4 is 20.1 Å². The quantitative estimate of drug-likeness (QED) is 0.790. The summed E-state index contributed by atoms with van der Waals surface area (Å²) in [6.07, 6.45) is 1.91. The zero-order valence-electron chi connectivity index (χ0n) is 15.7. The molecule has 2 aliphatic heterocycles. The first-order valence-corrected chi connectivity index (χ1v) is 9.91. The third-order valence-corrected chi connectivity index (χ3v) is 5.01. The van der Waals surface area contributed by atoms with Crippen LogP contribution in [0.25, 0.3) is 0 Å². The van der Waals surface area contributed by atoms with Crippen LogP contribution >= 0.6 is 11.6 Å². The Morgan fingerprint density at radius 2 is 1.76 bits per heavy atom. The molecular weight excluding hydrogens is 396 g/mol. The van der Waals surface area contributed by atoms with E-state index in [4.69, 9.17) is 25.8 Å². The van der Waals surface area contributed by atoms with Crippen molar-refractivity contribution >= 4 is 34.8 Å². The highest BCUT2D eigenvalue weighted by molar-refractivity contribution is 6.34. The number of hydrogen-bond acceptors (Lipinski definition) is 5. The van der Waals surface area contributed by atoms with Gasteiger partial charge in [-0.1, -0.05) is 17.7 Å². The van der Waals surface area contributed by atoms with E-state index in [1.807, 2.05) is 0 Å². The molecule has 2 aliphatic rings. The number of fused-ring (bicyclic) bond motifs is 1. The summed E-state index contributed by atoms with van der Waals surface area (Å²) >= 11 is 6.30. The first-order valence-electron chi connectivity index (χ1n) is 9.53. The van der Waals surface area contributed by atoms with E-state index in [2.05, 4.69) is 10.6 Å². The van der Waals surface area contributed by atoms with E-state index in [1.54, 1.807) is 36.4 Å². The van der Waals surface area contributed by atoms with Crippen LogP contribution in [0.2, 0.25) is 5.02 Å². The average molecular weight is 417 g/mol. The van der Waals surface area contributed by atoms with E-state index < -0.39 is 6.10 Å². The molecule has 2 aromatic rings. The summed E-state index contributed by atoms with van der Waals surface area (Å²) in [6.45, 7) is 1.69. The highest BCUT2D eigenvalue weighted by Crippen LogP contribution is 2.37. The fourth-order valence-electron chi connectivity index (χ4n) is 3.22. The number of anilines is 2. The monoisotopic (exact) mass is 416 g/mol. The molecule has 0 radical (unpaired) electrons. The van der Waals surface area contributed by atoms with E-state index in [9.17, 15) is 9.59 Å². The molecule has 0 aromatic heterocycles. The van der Waals surface area contributed by atoms with Gasteiger partial charge in [0, 0.05) is 36.4 Å². The van der Waals surface area contributed by atoms with Crippen molar-refractivity contribution in [3.05, 3.63) is 47.0 Å². The Morgan fingerprint density at radius 3 is 2.52 bits per heavy atom. The minimum atomic E-state index is -0.437. The predicted octanol–water partition coefficient (Wildman–Crippen LogP) is 3.87. The lowest BCUT2D eigenvalue weighted by Gasteiger charge is -2.13. The van der Waals surface area contributed by atoms with Crippen LogP contribution in [0, 0.1) is 0 Å². The van der Waals surface area contributed by atoms with Crippen molar-refractivity contribution in [3.8, 4) is 11.5 Å². The number of halogens is 1. The zero-order chi connectivity index (χ0) is 20.2. The van der Waals surface area contributed by atoms with Gasteiger partial charge in [-0.2, -0.15) is 0 Å². The van der Waals surface area contributed by atoms with Crippen LogP contribution in [0.3, 0.4) is 0 Å². The number of rotatable bonds is 4. The smallest absolute Gasteiger partial charge is 0.255 e. The van der Waals surface area contributed by atoms with Crippen LogP contribution in [-0.4, -0.2) is 37.7 Å². The Bertz CT molecular complexity index is 927. The third kappa shape index (κ3) is 4.63. The van der Waals surface area contributed by atoms with Gasteiger partial charge in [0.15, 0.2) is 11.5 Å². The number of carbonyl (C=O) groups is 2. The maximum absolute atomic E-state index is 12.7. The van der Waals surface area contributed by atoms with E-state index in [0.29, 0.717) is 59.7 Å². The third-order valence-electron chi connectivity index (χ3n) is 4.70.